The minimum Gasteiger partial charge on any atom is -0.465 e. The standard InChI is InChI=1S/C23H21ClN2O5S/c1-14-7-9-19(11-15(14)2)26-32(29,30)21-13-16(8-10-20(21)24)22(27)25-18-6-4-5-17(12-18)23(28)31-3/h4-13,26H,1-3H3,(H,25,27). The molecule has 0 saturated heterocycles. The number of hydrogen-bond acceptors (Lipinski definition) is 5. The fraction of sp³-hybridized carbons (Fsp3) is 0.130. The highest BCUT2D eigenvalue weighted by Gasteiger charge is 2.21. The van der Waals surface area contributed by atoms with Gasteiger partial charge in [-0.15, -0.1) is 0 Å². The van der Waals surface area contributed by atoms with Crippen LogP contribution in [0.3, 0.4) is 0 Å². The zero-order valence-electron chi connectivity index (χ0n) is 17.6. The molecular formula is C23H21ClN2O5S. The molecule has 3 rings (SSSR count). The van der Waals surface area contributed by atoms with Gasteiger partial charge in [0.2, 0.25) is 0 Å². The third kappa shape index (κ3) is 5.27. The largest absolute Gasteiger partial charge is 0.465 e. The van der Waals surface area contributed by atoms with Crippen LogP contribution in [0.4, 0.5) is 11.4 Å². The van der Waals surface area contributed by atoms with Gasteiger partial charge in [-0.05, 0) is 73.5 Å². The predicted octanol–water partition coefficient (Wildman–Crippen LogP) is 4.80. The summed E-state index contributed by atoms with van der Waals surface area (Å²) < 4.78 is 33.0. The average Bonchev–Trinajstić information content (AvgIpc) is 2.75. The predicted molar refractivity (Wildman–Crippen MR) is 124 cm³/mol. The molecule has 9 heteroatoms. The normalized spacial score (nSPS) is 11.0. The fourth-order valence-corrected chi connectivity index (χ4v) is 4.49. The molecule has 2 N–H and O–H groups in total. The summed E-state index contributed by atoms with van der Waals surface area (Å²) in [5.41, 5.74) is 3.05. The van der Waals surface area contributed by atoms with E-state index >= 15 is 0 Å². The number of sulfonamides is 1. The monoisotopic (exact) mass is 472 g/mol. The first kappa shape index (κ1) is 23.3. The topological polar surface area (TPSA) is 102 Å². The van der Waals surface area contributed by atoms with Crippen LogP contribution < -0.4 is 10.0 Å². The first-order chi connectivity index (χ1) is 15.1. The van der Waals surface area contributed by atoms with Crippen molar-refractivity contribution in [2.24, 2.45) is 0 Å². The van der Waals surface area contributed by atoms with Gasteiger partial charge >= 0.3 is 5.97 Å². The van der Waals surface area contributed by atoms with E-state index in [2.05, 4.69) is 14.8 Å². The SMILES string of the molecule is COC(=O)c1cccc(NC(=O)c2ccc(Cl)c(S(=O)(=O)Nc3ccc(C)c(C)c3)c2)c1. The van der Waals surface area contributed by atoms with Crippen LogP contribution in [0.1, 0.15) is 31.8 Å². The molecule has 166 valence electrons. The van der Waals surface area contributed by atoms with Crippen LogP contribution in [0.2, 0.25) is 5.02 Å². The van der Waals surface area contributed by atoms with E-state index in [0.29, 0.717) is 11.4 Å². The molecule has 0 spiro atoms. The van der Waals surface area contributed by atoms with Gasteiger partial charge in [-0.25, -0.2) is 13.2 Å². The molecule has 32 heavy (non-hydrogen) atoms. The molecule has 0 heterocycles. The summed E-state index contributed by atoms with van der Waals surface area (Å²) in [6.45, 7) is 3.80. The number of methoxy groups -OCH3 is 1. The number of halogens is 1. The lowest BCUT2D eigenvalue weighted by atomic mass is 10.1. The Kier molecular flexibility index (Phi) is 6.86. The summed E-state index contributed by atoms with van der Waals surface area (Å²) in [5.74, 6) is -1.11. The van der Waals surface area contributed by atoms with Gasteiger partial charge in [-0.3, -0.25) is 9.52 Å². The van der Waals surface area contributed by atoms with E-state index in [1.807, 2.05) is 13.8 Å². The van der Waals surface area contributed by atoms with Crippen LogP contribution in [-0.4, -0.2) is 27.4 Å². The second-order valence-corrected chi connectivity index (χ2v) is 9.13. The van der Waals surface area contributed by atoms with Gasteiger partial charge in [0, 0.05) is 16.9 Å². The number of carbonyl (C=O) groups is 2. The van der Waals surface area contributed by atoms with Crippen LogP contribution in [0.15, 0.2) is 65.6 Å². The number of nitrogens with one attached hydrogen (secondary N) is 2. The highest BCUT2D eigenvalue weighted by molar-refractivity contribution is 7.92. The van der Waals surface area contributed by atoms with Crippen molar-refractivity contribution < 1.29 is 22.7 Å². The van der Waals surface area contributed by atoms with Crippen molar-refractivity contribution in [3.63, 3.8) is 0 Å². The van der Waals surface area contributed by atoms with Crippen molar-refractivity contribution in [3.05, 3.63) is 87.9 Å². The lowest BCUT2D eigenvalue weighted by molar-refractivity contribution is 0.0600. The first-order valence-corrected chi connectivity index (χ1v) is 11.4. The zero-order chi connectivity index (χ0) is 23.5. The van der Waals surface area contributed by atoms with Gasteiger partial charge in [0.15, 0.2) is 0 Å². The summed E-state index contributed by atoms with van der Waals surface area (Å²) in [6, 6.07) is 15.3. The number of rotatable bonds is 6. The molecule has 1 amide bonds. The molecule has 7 nitrogen and oxygen atoms in total. The molecule has 0 atom stereocenters. The van der Waals surface area contributed by atoms with Crippen molar-refractivity contribution in [3.8, 4) is 0 Å². The van der Waals surface area contributed by atoms with Crippen LogP contribution in [0.5, 0.6) is 0 Å². The minimum atomic E-state index is -4.05. The van der Waals surface area contributed by atoms with E-state index in [1.54, 1.807) is 36.4 Å². The molecule has 3 aromatic carbocycles. The van der Waals surface area contributed by atoms with E-state index < -0.39 is 21.9 Å². The van der Waals surface area contributed by atoms with Gasteiger partial charge in [-0.2, -0.15) is 0 Å². The molecule has 0 radical (unpaired) electrons. The number of carbonyl (C=O) groups excluding carboxylic acids is 2. The van der Waals surface area contributed by atoms with Gasteiger partial charge in [0.05, 0.1) is 17.7 Å². The Balaban J connectivity index is 1.87. The lowest BCUT2D eigenvalue weighted by Crippen LogP contribution is -2.17. The summed E-state index contributed by atoms with van der Waals surface area (Å²) in [5, 5.41) is 2.61. The molecule has 0 unspecified atom stereocenters. The Morgan fingerprint density at radius 1 is 0.875 bits per heavy atom. The quantitative estimate of drug-likeness (QED) is 0.502. The molecular weight excluding hydrogens is 452 g/mol. The minimum absolute atomic E-state index is 0.0226. The second-order valence-electron chi connectivity index (χ2n) is 7.08. The highest BCUT2D eigenvalue weighted by atomic mass is 35.5. The van der Waals surface area contributed by atoms with Gasteiger partial charge in [0.25, 0.3) is 15.9 Å². The van der Waals surface area contributed by atoms with E-state index in [1.165, 1.54) is 31.4 Å². The number of hydrogen-bond donors (Lipinski definition) is 2. The lowest BCUT2D eigenvalue weighted by Gasteiger charge is -2.12. The Morgan fingerprint density at radius 2 is 1.62 bits per heavy atom. The molecule has 0 bridgehead atoms. The smallest absolute Gasteiger partial charge is 0.337 e. The second kappa shape index (κ2) is 9.42. The summed E-state index contributed by atoms with van der Waals surface area (Å²) in [6.07, 6.45) is 0. The molecule has 0 aliphatic heterocycles. The first-order valence-electron chi connectivity index (χ1n) is 9.50. The maximum absolute atomic E-state index is 12.9. The van der Waals surface area contributed by atoms with E-state index in [9.17, 15) is 18.0 Å². The number of ether oxygens (including phenoxy) is 1. The van der Waals surface area contributed by atoms with Crippen molar-refractivity contribution in [1.82, 2.24) is 0 Å². The maximum Gasteiger partial charge on any atom is 0.337 e. The van der Waals surface area contributed by atoms with Crippen molar-refractivity contribution >= 4 is 44.9 Å². The maximum atomic E-state index is 12.9. The van der Waals surface area contributed by atoms with E-state index in [0.717, 1.165) is 11.1 Å². The fourth-order valence-electron chi connectivity index (χ4n) is 2.91. The van der Waals surface area contributed by atoms with Crippen LogP contribution in [0, 0.1) is 13.8 Å². The summed E-state index contributed by atoms with van der Waals surface area (Å²) in [7, 11) is -2.79. The van der Waals surface area contributed by atoms with Crippen LogP contribution >= 0.6 is 11.6 Å². The molecule has 0 aromatic heterocycles. The number of aryl methyl sites for hydroxylation is 2. The average molecular weight is 473 g/mol. The van der Waals surface area contributed by atoms with Crippen LogP contribution in [0.25, 0.3) is 0 Å². The Labute approximate surface area is 191 Å². The third-order valence-corrected chi connectivity index (χ3v) is 6.65. The number of benzene rings is 3. The van der Waals surface area contributed by atoms with Gasteiger partial charge < -0.3 is 10.1 Å². The highest BCUT2D eigenvalue weighted by Crippen LogP contribution is 2.26. The van der Waals surface area contributed by atoms with E-state index in [4.69, 9.17) is 11.6 Å². The van der Waals surface area contributed by atoms with Crippen molar-refractivity contribution in [2.45, 2.75) is 18.7 Å². The van der Waals surface area contributed by atoms with E-state index in [-0.39, 0.29) is 21.0 Å². The Bertz CT molecular complexity index is 1310. The zero-order valence-corrected chi connectivity index (χ0v) is 19.2. The number of amides is 1. The number of esters is 1. The number of anilines is 2. The van der Waals surface area contributed by atoms with Crippen molar-refractivity contribution in [1.29, 1.82) is 0 Å². The van der Waals surface area contributed by atoms with Gasteiger partial charge in [-0.1, -0.05) is 23.7 Å². The molecule has 3 aromatic rings. The van der Waals surface area contributed by atoms with Gasteiger partial charge in [0.1, 0.15) is 4.90 Å². The summed E-state index contributed by atoms with van der Waals surface area (Å²) >= 11 is 6.14. The Morgan fingerprint density at radius 3 is 2.31 bits per heavy atom. The molecule has 0 saturated carbocycles. The summed E-state index contributed by atoms with van der Waals surface area (Å²) in [4.78, 5) is 24.2. The molecule has 0 aliphatic carbocycles. The molecule has 0 aliphatic rings. The third-order valence-electron chi connectivity index (χ3n) is 4.78. The van der Waals surface area contributed by atoms with Crippen LogP contribution in [-0.2, 0) is 14.8 Å². The Hall–Kier alpha value is -3.36. The van der Waals surface area contributed by atoms with Crippen molar-refractivity contribution in [2.75, 3.05) is 17.1 Å². The molecule has 0 fully saturated rings.